The van der Waals surface area contributed by atoms with Crippen LogP contribution in [0.3, 0.4) is 0 Å². The summed E-state index contributed by atoms with van der Waals surface area (Å²) in [6.07, 6.45) is 5.44. The summed E-state index contributed by atoms with van der Waals surface area (Å²) in [7, 11) is 0. The van der Waals surface area contributed by atoms with Gasteiger partial charge in [-0.1, -0.05) is 24.6 Å². The number of amides is 1. The quantitative estimate of drug-likeness (QED) is 0.902. The third-order valence-electron chi connectivity index (χ3n) is 4.57. The molecule has 3 rings (SSSR count). The molecule has 1 atom stereocenters. The minimum Gasteiger partial charge on any atom is -0.330 e. The van der Waals surface area contributed by atoms with Gasteiger partial charge in [-0.25, -0.2) is 0 Å². The third-order valence-corrected chi connectivity index (χ3v) is 4.57. The van der Waals surface area contributed by atoms with E-state index in [0.29, 0.717) is 24.3 Å². The highest BCUT2D eigenvalue weighted by Gasteiger charge is 2.33. The van der Waals surface area contributed by atoms with E-state index in [1.165, 1.54) is 24.8 Å². The number of carbonyl (C=O) groups excluding carboxylic acids is 1. The van der Waals surface area contributed by atoms with E-state index in [1.54, 1.807) is 0 Å². The van der Waals surface area contributed by atoms with Crippen molar-refractivity contribution in [2.45, 2.75) is 38.0 Å². The van der Waals surface area contributed by atoms with Gasteiger partial charge in [-0.3, -0.25) is 4.79 Å². The fourth-order valence-corrected chi connectivity index (χ4v) is 3.23. The van der Waals surface area contributed by atoms with Crippen LogP contribution in [0.2, 0.25) is 0 Å². The van der Waals surface area contributed by atoms with Gasteiger partial charge in [0.2, 0.25) is 5.91 Å². The van der Waals surface area contributed by atoms with E-state index in [9.17, 15) is 4.79 Å². The van der Waals surface area contributed by atoms with E-state index >= 15 is 0 Å². The maximum absolute atomic E-state index is 12.5. The Bertz CT molecular complexity index is 468. The summed E-state index contributed by atoms with van der Waals surface area (Å²) >= 11 is 0. The molecule has 1 heterocycles. The van der Waals surface area contributed by atoms with Gasteiger partial charge in [-0.2, -0.15) is 0 Å². The summed E-state index contributed by atoms with van der Waals surface area (Å²) in [5.41, 5.74) is 8.11. The van der Waals surface area contributed by atoms with Crippen LogP contribution in [0.5, 0.6) is 0 Å². The number of hydrogen-bond acceptors (Lipinski definition) is 2. The molecule has 3 nitrogen and oxygen atoms in total. The van der Waals surface area contributed by atoms with Crippen molar-refractivity contribution in [3.05, 3.63) is 29.8 Å². The molecule has 1 aromatic carbocycles. The summed E-state index contributed by atoms with van der Waals surface area (Å²) in [6, 6.07) is 8.30. The number of nitrogens with zero attached hydrogens (tertiary/aromatic N) is 1. The van der Waals surface area contributed by atoms with E-state index in [4.69, 9.17) is 5.73 Å². The number of hydrogen-bond donors (Lipinski definition) is 1. The average molecular weight is 258 g/mol. The van der Waals surface area contributed by atoms with Crippen LogP contribution in [0.15, 0.2) is 24.3 Å². The van der Waals surface area contributed by atoms with Gasteiger partial charge < -0.3 is 10.6 Å². The van der Waals surface area contributed by atoms with E-state index < -0.39 is 0 Å². The summed E-state index contributed by atoms with van der Waals surface area (Å²) < 4.78 is 0. The lowest BCUT2D eigenvalue weighted by Crippen LogP contribution is -2.32. The van der Waals surface area contributed by atoms with Crippen molar-refractivity contribution < 1.29 is 4.79 Å². The summed E-state index contributed by atoms with van der Waals surface area (Å²) in [5, 5.41) is 0. The number of nitrogens with two attached hydrogens (primary N) is 1. The molecule has 0 bridgehead atoms. The molecule has 1 saturated carbocycles. The zero-order chi connectivity index (χ0) is 13.2. The monoisotopic (exact) mass is 258 g/mol. The second-order valence-corrected chi connectivity index (χ2v) is 5.84. The van der Waals surface area contributed by atoms with E-state index in [2.05, 4.69) is 18.2 Å². The molecule has 102 valence electrons. The second kappa shape index (κ2) is 5.33. The fourth-order valence-electron chi connectivity index (χ4n) is 3.23. The molecule has 2 N–H and O–H groups in total. The molecule has 1 aromatic rings. The number of para-hydroxylation sites is 1. The van der Waals surface area contributed by atoms with Crippen LogP contribution >= 0.6 is 0 Å². The van der Waals surface area contributed by atoms with E-state index in [-0.39, 0.29) is 0 Å². The molecule has 19 heavy (non-hydrogen) atoms. The molecule has 2 aliphatic rings. The maximum atomic E-state index is 12.5. The molecule has 0 aromatic heterocycles. The van der Waals surface area contributed by atoms with Crippen molar-refractivity contribution in [3.63, 3.8) is 0 Å². The van der Waals surface area contributed by atoms with Crippen molar-refractivity contribution in [2.75, 3.05) is 18.0 Å². The first-order valence-corrected chi connectivity index (χ1v) is 7.39. The van der Waals surface area contributed by atoms with Gasteiger partial charge >= 0.3 is 0 Å². The highest BCUT2D eigenvalue weighted by Crippen LogP contribution is 2.39. The first kappa shape index (κ1) is 12.7. The Morgan fingerprint density at radius 2 is 2.11 bits per heavy atom. The number of fused-ring (bicyclic) bond motifs is 1. The van der Waals surface area contributed by atoms with Crippen molar-refractivity contribution in [3.8, 4) is 0 Å². The SMILES string of the molecule is NCCC1CN(C(=O)CC2CCC2)c2ccccc21. The van der Waals surface area contributed by atoms with E-state index in [1.807, 2.05) is 11.0 Å². The van der Waals surface area contributed by atoms with E-state index in [0.717, 1.165) is 25.1 Å². The Morgan fingerprint density at radius 3 is 2.79 bits per heavy atom. The van der Waals surface area contributed by atoms with Crippen LogP contribution in [0.4, 0.5) is 5.69 Å². The first-order valence-electron chi connectivity index (χ1n) is 7.39. The smallest absolute Gasteiger partial charge is 0.227 e. The van der Waals surface area contributed by atoms with Crippen LogP contribution in [0.25, 0.3) is 0 Å². The van der Waals surface area contributed by atoms with Gasteiger partial charge in [0.05, 0.1) is 0 Å². The molecule has 1 fully saturated rings. The van der Waals surface area contributed by atoms with Crippen LogP contribution in [0.1, 0.15) is 43.6 Å². The van der Waals surface area contributed by atoms with Gasteiger partial charge in [0.1, 0.15) is 0 Å². The molecule has 1 aliphatic heterocycles. The molecule has 1 unspecified atom stereocenters. The van der Waals surface area contributed by atoms with Crippen molar-refractivity contribution in [1.82, 2.24) is 0 Å². The summed E-state index contributed by atoms with van der Waals surface area (Å²) in [6.45, 7) is 1.51. The largest absolute Gasteiger partial charge is 0.330 e. The van der Waals surface area contributed by atoms with Gasteiger partial charge in [-0.05, 0) is 43.4 Å². The fraction of sp³-hybridized carbons (Fsp3) is 0.562. The van der Waals surface area contributed by atoms with Crippen LogP contribution in [-0.2, 0) is 4.79 Å². The Morgan fingerprint density at radius 1 is 1.32 bits per heavy atom. The van der Waals surface area contributed by atoms with Gasteiger partial charge in [0.25, 0.3) is 0 Å². The minimum atomic E-state index is 0.302. The minimum absolute atomic E-state index is 0.302. The lowest BCUT2D eigenvalue weighted by Gasteiger charge is -2.27. The molecule has 0 radical (unpaired) electrons. The summed E-state index contributed by atoms with van der Waals surface area (Å²) in [4.78, 5) is 14.4. The average Bonchev–Trinajstić information content (AvgIpc) is 2.74. The zero-order valence-electron chi connectivity index (χ0n) is 11.3. The highest BCUT2D eigenvalue weighted by molar-refractivity contribution is 5.96. The van der Waals surface area contributed by atoms with Crippen molar-refractivity contribution in [1.29, 1.82) is 0 Å². The zero-order valence-corrected chi connectivity index (χ0v) is 11.3. The Balaban J connectivity index is 1.77. The summed E-state index contributed by atoms with van der Waals surface area (Å²) in [5.74, 6) is 1.36. The molecular weight excluding hydrogens is 236 g/mol. The number of anilines is 1. The van der Waals surface area contributed by atoms with Crippen molar-refractivity contribution >= 4 is 11.6 Å². The molecule has 0 saturated heterocycles. The molecule has 1 amide bonds. The molecule has 0 spiro atoms. The van der Waals surface area contributed by atoms with Gasteiger partial charge in [0.15, 0.2) is 0 Å². The van der Waals surface area contributed by atoms with Crippen LogP contribution in [-0.4, -0.2) is 19.0 Å². The molecular formula is C16H22N2O. The number of rotatable bonds is 4. The molecule has 3 heteroatoms. The van der Waals surface area contributed by atoms with Crippen molar-refractivity contribution in [2.24, 2.45) is 11.7 Å². The Hall–Kier alpha value is -1.35. The normalized spacial score (nSPS) is 22.2. The Kier molecular flexibility index (Phi) is 3.56. The highest BCUT2D eigenvalue weighted by atomic mass is 16.2. The predicted molar refractivity (Wildman–Crippen MR) is 77.2 cm³/mol. The van der Waals surface area contributed by atoms with Gasteiger partial charge in [-0.15, -0.1) is 0 Å². The van der Waals surface area contributed by atoms with Crippen LogP contribution in [0, 0.1) is 5.92 Å². The van der Waals surface area contributed by atoms with Gasteiger partial charge in [0, 0.05) is 24.6 Å². The predicted octanol–water partition coefficient (Wildman–Crippen LogP) is 2.66. The molecule has 1 aliphatic carbocycles. The van der Waals surface area contributed by atoms with Crippen LogP contribution < -0.4 is 10.6 Å². The lowest BCUT2D eigenvalue weighted by atomic mass is 9.82. The number of carbonyl (C=O) groups is 1. The maximum Gasteiger partial charge on any atom is 0.227 e. The number of benzene rings is 1. The third kappa shape index (κ3) is 2.39. The standard InChI is InChI=1S/C16H22N2O/c17-9-8-13-11-18(15-7-2-1-6-14(13)15)16(19)10-12-4-3-5-12/h1-2,6-7,12-13H,3-5,8-11,17H2. The second-order valence-electron chi connectivity index (χ2n) is 5.84. The first-order chi connectivity index (χ1) is 9.29. The topological polar surface area (TPSA) is 46.3 Å². The Labute approximate surface area is 114 Å². The lowest BCUT2D eigenvalue weighted by molar-refractivity contribution is -0.120.